The molecule has 1 saturated heterocycles. The number of nitrogens with zero attached hydrogens (tertiary/aromatic N) is 1. The van der Waals surface area contributed by atoms with Crippen LogP contribution in [0.1, 0.15) is 31.9 Å². The van der Waals surface area contributed by atoms with Crippen LogP contribution < -0.4 is 5.32 Å². The highest BCUT2D eigenvalue weighted by Crippen LogP contribution is 2.42. The Kier molecular flexibility index (Phi) is 5.68. The van der Waals surface area contributed by atoms with Gasteiger partial charge in [0, 0.05) is 12.1 Å². The van der Waals surface area contributed by atoms with Crippen LogP contribution in [0.4, 0.5) is 4.39 Å². The van der Waals surface area contributed by atoms with Gasteiger partial charge in [0.05, 0.1) is 12.2 Å². The van der Waals surface area contributed by atoms with Gasteiger partial charge in [0.1, 0.15) is 5.82 Å². The van der Waals surface area contributed by atoms with Crippen LogP contribution in [0.25, 0.3) is 6.08 Å². The number of rotatable bonds is 5. The van der Waals surface area contributed by atoms with E-state index in [1.54, 1.807) is 26.8 Å². The van der Waals surface area contributed by atoms with E-state index in [-0.39, 0.29) is 18.7 Å². The molecule has 152 valence electrons. The molecule has 1 fully saturated rings. The molecule has 6 heteroatoms. The molecule has 0 aliphatic carbocycles. The predicted molar refractivity (Wildman–Crippen MR) is 109 cm³/mol. The molecule has 1 atom stereocenters. The lowest BCUT2D eigenvalue weighted by molar-refractivity contribution is -0.145. The number of nitrogens with one attached hydrogen (secondary N) is 1. The molecule has 2 amide bonds. The monoisotopic (exact) mass is 396 g/mol. The van der Waals surface area contributed by atoms with E-state index in [0.29, 0.717) is 5.56 Å². The topological polar surface area (TPSA) is 69.6 Å². The minimum Gasteiger partial charge on any atom is -0.395 e. The molecule has 1 heterocycles. The van der Waals surface area contributed by atoms with Crippen LogP contribution in [0.3, 0.4) is 0 Å². The van der Waals surface area contributed by atoms with Gasteiger partial charge in [-0.05, 0) is 50.1 Å². The Bertz CT molecular complexity index is 933. The van der Waals surface area contributed by atoms with Gasteiger partial charge in [-0.25, -0.2) is 4.39 Å². The van der Waals surface area contributed by atoms with Crippen molar-refractivity contribution in [2.24, 2.45) is 0 Å². The van der Waals surface area contributed by atoms with Crippen molar-refractivity contribution >= 4 is 17.9 Å². The molecule has 5 nitrogen and oxygen atoms in total. The third kappa shape index (κ3) is 3.73. The first kappa shape index (κ1) is 20.9. The summed E-state index contributed by atoms with van der Waals surface area (Å²) < 4.78 is 13.6. The maximum atomic E-state index is 13.7. The van der Waals surface area contributed by atoms with Gasteiger partial charge < -0.3 is 5.11 Å². The molecule has 0 spiro atoms. The van der Waals surface area contributed by atoms with Gasteiger partial charge in [-0.15, -0.1) is 0 Å². The van der Waals surface area contributed by atoms with Gasteiger partial charge in [-0.1, -0.05) is 42.5 Å². The molecule has 0 radical (unpaired) electrons. The Labute approximate surface area is 169 Å². The number of likely N-dealkylation sites (tertiary alicyclic amines) is 1. The van der Waals surface area contributed by atoms with Crippen molar-refractivity contribution in [2.75, 3.05) is 13.2 Å². The Morgan fingerprint density at radius 3 is 2.24 bits per heavy atom. The average molecular weight is 396 g/mol. The second kappa shape index (κ2) is 7.89. The number of hydrogen-bond donors (Lipinski definition) is 2. The molecule has 1 aliphatic rings. The third-order valence-corrected chi connectivity index (χ3v) is 4.92. The smallest absolute Gasteiger partial charge is 0.259 e. The fourth-order valence-corrected chi connectivity index (χ4v) is 3.65. The van der Waals surface area contributed by atoms with Gasteiger partial charge in [0.2, 0.25) is 0 Å². The Balaban J connectivity index is 2.30. The second-order valence-corrected chi connectivity index (χ2v) is 7.99. The van der Waals surface area contributed by atoms with Gasteiger partial charge in [-0.3, -0.25) is 19.8 Å². The maximum absolute atomic E-state index is 13.7. The van der Waals surface area contributed by atoms with E-state index in [4.69, 9.17) is 0 Å². The fraction of sp³-hybridized carbons (Fsp3) is 0.304. The molecule has 29 heavy (non-hydrogen) atoms. The van der Waals surface area contributed by atoms with Gasteiger partial charge >= 0.3 is 0 Å². The van der Waals surface area contributed by atoms with Gasteiger partial charge in [-0.2, -0.15) is 0 Å². The molecule has 1 unspecified atom stereocenters. The molecule has 2 aromatic carbocycles. The molecular weight excluding hydrogens is 371 g/mol. The van der Waals surface area contributed by atoms with Crippen LogP contribution in [0.2, 0.25) is 0 Å². The van der Waals surface area contributed by atoms with E-state index < -0.39 is 28.7 Å². The zero-order valence-corrected chi connectivity index (χ0v) is 16.8. The number of carbonyl (C=O) groups is 2. The first-order chi connectivity index (χ1) is 13.7. The van der Waals surface area contributed by atoms with Gasteiger partial charge in [0.25, 0.3) is 11.8 Å². The summed E-state index contributed by atoms with van der Waals surface area (Å²) in [5, 5.41) is 12.5. The molecular formula is C23H25FN2O3. The molecule has 2 aromatic rings. The summed E-state index contributed by atoms with van der Waals surface area (Å²) in [5.74, 6) is -1.30. The summed E-state index contributed by atoms with van der Waals surface area (Å²) in [6.07, 6.45) is 1.68. The van der Waals surface area contributed by atoms with Crippen LogP contribution in [0.15, 0.2) is 60.2 Å². The highest BCUT2D eigenvalue weighted by atomic mass is 19.1. The van der Waals surface area contributed by atoms with Crippen LogP contribution in [0.5, 0.6) is 0 Å². The van der Waals surface area contributed by atoms with Crippen molar-refractivity contribution in [1.29, 1.82) is 0 Å². The van der Waals surface area contributed by atoms with Crippen molar-refractivity contribution in [3.05, 3.63) is 77.1 Å². The summed E-state index contributed by atoms with van der Waals surface area (Å²) in [7, 11) is 0. The number of imide groups is 1. The maximum Gasteiger partial charge on any atom is 0.259 e. The number of benzene rings is 2. The van der Waals surface area contributed by atoms with E-state index in [1.807, 2.05) is 30.3 Å². The van der Waals surface area contributed by atoms with Crippen molar-refractivity contribution in [1.82, 2.24) is 10.2 Å². The van der Waals surface area contributed by atoms with E-state index >= 15 is 0 Å². The molecule has 0 bridgehead atoms. The normalized spacial score (nSPS) is 21.3. The standard InChI is InChI=1S/C23H25FN2O3/c1-22(2,3)26-20(28)19(15-16-7-5-4-6-8-16)23(21(26)29,25-13-14-27)17-9-11-18(24)12-10-17/h4-12,15,25,27H,13-14H2,1-3H3/b19-15+. The first-order valence-corrected chi connectivity index (χ1v) is 9.50. The van der Waals surface area contributed by atoms with Crippen molar-refractivity contribution in [3.8, 4) is 0 Å². The number of carbonyl (C=O) groups excluding carboxylic acids is 2. The zero-order valence-electron chi connectivity index (χ0n) is 16.8. The quantitative estimate of drug-likeness (QED) is 0.602. The molecule has 2 N–H and O–H groups in total. The third-order valence-electron chi connectivity index (χ3n) is 4.92. The van der Waals surface area contributed by atoms with E-state index in [9.17, 15) is 19.1 Å². The minimum absolute atomic E-state index is 0.0838. The second-order valence-electron chi connectivity index (χ2n) is 7.99. The summed E-state index contributed by atoms with van der Waals surface area (Å²) in [6.45, 7) is 5.22. The highest BCUT2D eigenvalue weighted by Gasteiger charge is 2.59. The lowest BCUT2D eigenvalue weighted by Crippen LogP contribution is -2.54. The first-order valence-electron chi connectivity index (χ1n) is 9.50. The van der Waals surface area contributed by atoms with Gasteiger partial charge in [0.15, 0.2) is 5.54 Å². The zero-order chi connectivity index (χ0) is 21.2. The Morgan fingerprint density at radius 2 is 1.69 bits per heavy atom. The Morgan fingerprint density at radius 1 is 1.07 bits per heavy atom. The van der Waals surface area contributed by atoms with Crippen molar-refractivity contribution in [3.63, 3.8) is 0 Å². The summed E-state index contributed by atoms with van der Waals surface area (Å²) >= 11 is 0. The molecule has 3 rings (SSSR count). The molecule has 1 aliphatic heterocycles. The average Bonchev–Trinajstić information content (AvgIpc) is 2.89. The van der Waals surface area contributed by atoms with Crippen LogP contribution in [-0.4, -0.2) is 40.5 Å². The summed E-state index contributed by atoms with van der Waals surface area (Å²) in [4.78, 5) is 28.4. The van der Waals surface area contributed by atoms with Crippen LogP contribution in [-0.2, 0) is 15.1 Å². The number of hydrogen-bond acceptors (Lipinski definition) is 4. The lowest BCUT2D eigenvalue weighted by atomic mass is 9.82. The largest absolute Gasteiger partial charge is 0.395 e. The SMILES string of the molecule is CC(C)(C)N1C(=O)/C(=C\c2ccccc2)C(NCCO)(c2ccc(F)cc2)C1=O. The molecule has 0 saturated carbocycles. The van der Waals surface area contributed by atoms with Crippen molar-refractivity contribution < 1.29 is 19.1 Å². The van der Waals surface area contributed by atoms with Crippen LogP contribution in [0, 0.1) is 5.82 Å². The van der Waals surface area contributed by atoms with Crippen molar-refractivity contribution in [2.45, 2.75) is 31.8 Å². The number of aliphatic hydroxyl groups is 1. The van der Waals surface area contributed by atoms with Crippen LogP contribution >= 0.6 is 0 Å². The number of amides is 2. The van der Waals surface area contributed by atoms with E-state index in [2.05, 4.69) is 5.32 Å². The van der Waals surface area contributed by atoms with E-state index in [0.717, 1.165) is 5.56 Å². The predicted octanol–water partition coefficient (Wildman–Crippen LogP) is 2.85. The summed E-state index contributed by atoms with van der Waals surface area (Å²) in [5.41, 5.74) is -0.830. The Hall–Kier alpha value is -2.83. The highest BCUT2D eigenvalue weighted by molar-refractivity contribution is 6.22. The summed E-state index contributed by atoms with van der Waals surface area (Å²) in [6, 6.07) is 14.7. The minimum atomic E-state index is -1.52. The number of aliphatic hydroxyl groups excluding tert-OH is 1. The molecule has 0 aromatic heterocycles. The lowest BCUT2D eigenvalue weighted by Gasteiger charge is -2.33. The number of halogens is 1. The van der Waals surface area contributed by atoms with E-state index in [1.165, 1.54) is 29.2 Å². The fourth-order valence-electron chi connectivity index (χ4n) is 3.65.